The van der Waals surface area contributed by atoms with E-state index >= 15 is 0 Å². The third-order valence-electron chi connectivity index (χ3n) is 1.62. The van der Waals surface area contributed by atoms with Gasteiger partial charge in [0.2, 0.25) is 5.88 Å². The van der Waals surface area contributed by atoms with Crippen molar-refractivity contribution in [3.8, 4) is 5.88 Å². The summed E-state index contributed by atoms with van der Waals surface area (Å²) in [6.45, 7) is 1.56. The number of aliphatic imine (C=N–C) groups is 1. The lowest BCUT2D eigenvalue weighted by Gasteiger charge is -1.99. The zero-order valence-electron chi connectivity index (χ0n) is 7.21. The molecule has 70 valence electrons. The molecule has 0 fully saturated rings. The molecule has 0 aliphatic carbocycles. The Morgan fingerprint density at radius 1 is 1.38 bits per heavy atom. The fourth-order valence-electron chi connectivity index (χ4n) is 0.922. The van der Waals surface area contributed by atoms with E-state index in [4.69, 9.17) is 0 Å². The van der Waals surface area contributed by atoms with Crippen LogP contribution < -0.4 is 11.2 Å². The predicted octanol–water partition coefficient (Wildman–Crippen LogP) is -0.792. The van der Waals surface area contributed by atoms with Crippen LogP contribution in [-0.4, -0.2) is 27.8 Å². The molecule has 13 heavy (non-hydrogen) atoms. The minimum Gasteiger partial charge on any atom is -0.494 e. The fraction of sp³-hybridized carbons (Fsp3) is 0.286. The Kier molecular flexibility index (Phi) is 2.32. The third kappa shape index (κ3) is 1.66. The van der Waals surface area contributed by atoms with Gasteiger partial charge in [0.05, 0.1) is 0 Å². The first-order chi connectivity index (χ1) is 6.06. The molecule has 3 N–H and O–H groups in total. The predicted molar refractivity (Wildman–Crippen MR) is 47.5 cm³/mol. The van der Waals surface area contributed by atoms with E-state index in [9.17, 15) is 14.7 Å². The van der Waals surface area contributed by atoms with E-state index in [2.05, 4.69) is 9.98 Å². The highest BCUT2D eigenvalue weighted by molar-refractivity contribution is 6.00. The number of hydrogen-bond donors (Lipinski definition) is 3. The van der Waals surface area contributed by atoms with Gasteiger partial charge in [0.25, 0.3) is 5.56 Å². The van der Waals surface area contributed by atoms with Crippen molar-refractivity contribution in [2.45, 2.75) is 6.92 Å². The molecule has 0 aliphatic rings. The molecule has 0 unspecified atom stereocenters. The molecule has 6 nitrogen and oxygen atoms in total. The minimum atomic E-state index is -0.741. The fourth-order valence-corrected chi connectivity index (χ4v) is 0.922. The molecule has 0 saturated heterocycles. The number of aromatic nitrogens is 2. The molecule has 1 rings (SSSR count). The van der Waals surface area contributed by atoms with E-state index in [1.54, 1.807) is 6.92 Å². The standard InChI is InChI=1S/C7H9N3O3/c1-3(8-2)4-5(11)9-7(13)10-6(4)12/h1-2H3,(H3,9,10,11,12,13). The van der Waals surface area contributed by atoms with Gasteiger partial charge in [-0.15, -0.1) is 0 Å². The molecule has 0 bridgehead atoms. The average molecular weight is 183 g/mol. The maximum absolute atomic E-state index is 11.1. The summed E-state index contributed by atoms with van der Waals surface area (Å²) >= 11 is 0. The van der Waals surface area contributed by atoms with Crippen LogP contribution in [0.3, 0.4) is 0 Å². The molecule has 0 aliphatic heterocycles. The van der Waals surface area contributed by atoms with Crippen molar-refractivity contribution in [2.24, 2.45) is 4.99 Å². The van der Waals surface area contributed by atoms with Crippen molar-refractivity contribution in [2.75, 3.05) is 7.05 Å². The quantitative estimate of drug-likeness (QED) is 0.497. The maximum atomic E-state index is 11.1. The number of H-pyrrole nitrogens is 2. The molecule has 0 atom stereocenters. The van der Waals surface area contributed by atoms with E-state index in [0.717, 1.165) is 0 Å². The van der Waals surface area contributed by atoms with Gasteiger partial charge < -0.3 is 5.11 Å². The monoisotopic (exact) mass is 183 g/mol. The summed E-state index contributed by atoms with van der Waals surface area (Å²) in [4.78, 5) is 29.6. The number of aromatic hydroxyl groups is 1. The van der Waals surface area contributed by atoms with E-state index in [1.165, 1.54) is 7.05 Å². The van der Waals surface area contributed by atoms with E-state index in [0.29, 0.717) is 5.71 Å². The molecule has 0 spiro atoms. The summed E-state index contributed by atoms with van der Waals surface area (Å²) in [5.41, 5.74) is -1.04. The van der Waals surface area contributed by atoms with Crippen LogP contribution in [0.5, 0.6) is 5.88 Å². The third-order valence-corrected chi connectivity index (χ3v) is 1.62. The summed E-state index contributed by atoms with van der Waals surface area (Å²) < 4.78 is 0. The molecule has 0 radical (unpaired) electrons. The highest BCUT2D eigenvalue weighted by Gasteiger charge is 2.10. The summed E-state index contributed by atoms with van der Waals surface area (Å²) in [5, 5.41) is 9.22. The van der Waals surface area contributed by atoms with Gasteiger partial charge in [0.1, 0.15) is 5.56 Å². The Balaban J connectivity index is 3.56. The summed E-state index contributed by atoms with van der Waals surface area (Å²) in [5.74, 6) is -0.461. The molecule has 1 aromatic rings. The van der Waals surface area contributed by atoms with Gasteiger partial charge >= 0.3 is 5.69 Å². The van der Waals surface area contributed by atoms with Crippen molar-refractivity contribution in [1.29, 1.82) is 0 Å². The number of aromatic amines is 2. The van der Waals surface area contributed by atoms with Gasteiger partial charge in [-0.25, -0.2) is 4.79 Å². The first-order valence-corrected chi connectivity index (χ1v) is 3.55. The van der Waals surface area contributed by atoms with Gasteiger partial charge in [0, 0.05) is 12.8 Å². The molecule has 6 heteroatoms. The average Bonchev–Trinajstić information content (AvgIpc) is 2.02. The van der Waals surface area contributed by atoms with Gasteiger partial charge in [-0.1, -0.05) is 0 Å². The lowest BCUT2D eigenvalue weighted by molar-refractivity contribution is 0.447. The lowest BCUT2D eigenvalue weighted by atomic mass is 10.2. The van der Waals surface area contributed by atoms with Crippen LogP contribution in [0, 0.1) is 0 Å². The van der Waals surface area contributed by atoms with Gasteiger partial charge in [-0.2, -0.15) is 0 Å². The number of rotatable bonds is 1. The summed E-state index contributed by atoms with van der Waals surface area (Å²) in [7, 11) is 1.49. The van der Waals surface area contributed by atoms with Crippen LogP contribution in [0.25, 0.3) is 0 Å². The van der Waals surface area contributed by atoms with Crippen LogP contribution in [-0.2, 0) is 0 Å². The molecule has 0 saturated carbocycles. The zero-order valence-corrected chi connectivity index (χ0v) is 7.21. The van der Waals surface area contributed by atoms with Crippen molar-refractivity contribution < 1.29 is 5.11 Å². The normalized spacial score (nSPS) is 11.7. The Morgan fingerprint density at radius 3 is 2.46 bits per heavy atom. The van der Waals surface area contributed by atoms with Crippen LogP contribution in [0.2, 0.25) is 0 Å². The summed E-state index contributed by atoms with van der Waals surface area (Å²) in [6.07, 6.45) is 0. The molecular formula is C7H9N3O3. The van der Waals surface area contributed by atoms with Crippen LogP contribution in [0.4, 0.5) is 0 Å². The molecule has 0 aromatic carbocycles. The maximum Gasteiger partial charge on any atom is 0.328 e. The van der Waals surface area contributed by atoms with Crippen molar-refractivity contribution in [1.82, 2.24) is 9.97 Å². The largest absolute Gasteiger partial charge is 0.494 e. The number of nitrogens with one attached hydrogen (secondary N) is 2. The molecular weight excluding hydrogens is 174 g/mol. The van der Waals surface area contributed by atoms with Crippen molar-refractivity contribution >= 4 is 5.71 Å². The smallest absolute Gasteiger partial charge is 0.328 e. The highest BCUT2D eigenvalue weighted by Crippen LogP contribution is 2.05. The second-order valence-corrected chi connectivity index (χ2v) is 2.44. The topological polar surface area (TPSA) is 98.3 Å². The Labute approximate surface area is 73.0 Å². The molecule has 1 aromatic heterocycles. The molecule has 1 heterocycles. The first-order valence-electron chi connectivity index (χ1n) is 3.55. The lowest BCUT2D eigenvalue weighted by Crippen LogP contribution is -2.27. The summed E-state index contributed by atoms with van der Waals surface area (Å²) in [6, 6.07) is 0. The molecule has 0 amide bonds. The Morgan fingerprint density at radius 2 is 2.00 bits per heavy atom. The second kappa shape index (κ2) is 3.26. The highest BCUT2D eigenvalue weighted by atomic mass is 16.3. The van der Waals surface area contributed by atoms with E-state index < -0.39 is 17.1 Å². The van der Waals surface area contributed by atoms with Gasteiger partial charge in [-0.05, 0) is 6.92 Å². The SMILES string of the molecule is CN=C(C)c1c(O)[nH]c(=O)[nH]c1=O. The van der Waals surface area contributed by atoms with Crippen LogP contribution in [0.1, 0.15) is 12.5 Å². The number of hydrogen-bond acceptors (Lipinski definition) is 4. The van der Waals surface area contributed by atoms with E-state index in [-0.39, 0.29) is 5.56 Å². The van der Waals surface area contributed by atoms with Crippen molar-refractivity contribution in [3.05, 3.63) is 26.4 Å². The number of nitrogens with zero attached hydrogens (tertiary/aromatic N) is 1. The zero-order chi connectivity index (χ0) is 10.0. The second-order valence-electron chi connectivity index (χ2n) is 2.44. The Hall–Kier alpha value is -1.85. The van der Waals surface area contributed by atoms with Gasteiger partial charge in [0.15, 0.2) is 0 Å². The van der Waals surface area contributed by atoms with E-state index in [1.807, 2.05) is 4.98 Å². The van der Waals surface area contributed by atoms with Crippen LogP contribution >= 0.6 is 0 Å². The van der Waals surface area contributed by atoms with Crippen molar-refractivity contribution in [3.63, 3.8) is 0 Å². The minimum absolute atomic E-state index is 0.0119. The first kappa shape index (κ1) is 9.24. The van der Waals surface area contributed by atoms with Gasteiger partial charge in [-0.3, -0.25) is 19.8 Å². The van der Waals surface area contributed by atoms with Crippen LogP contribution in [0.15, 0.2) is 14.6 Å². The Bertz CT molecular complexity index is 455.